The Balaban J connectivity index is 1.77. The Labute approximate surface area is 138 Å². The molecule has 0 aromatic heterocycles. The van der Waals surface area contributed by atoms with Crippen LogP contribution >= 0.6 is 0 Å². The molecule has 0 amide bonds. The molecular weight excluding hydrogens is 324 g/mol. The van der Waals surface area contributed by atoms with Crippen molar-refractivity contribution in [2.24, 2.45) is 11.8 Å². The first kappa shape index (κ1) is 18.0. The second-order valence-electron chi connectivity index (χ2n) is 6.78. The first-order chi connectivity index (χ1) is 11.3. The molecule has 0 aromatic carbocycles. The molecule has 138 valence electrons. The average molecular weight is 348 g/mol. The van der Waals surface area contributed by atoms with Crippen molar-refractivity contribution >= 4 is 0 Å². The van der Waals surface area contributed by atoms with Crippen LogP contribution in [0.25, 0.3) is 0 Å². The van der Waals surface area contributed by atoms with Crippen molar-refractivity contribution in [2.45, 2.75) is 62.0 Å². The lowest BCUT2D eigenvalue weighted by Crippen LogP contribution is -2.61. The molecule has 2 fully saturated rings. The highest BCUT2D eigenvalue weighted by Crippen LogP contribution is 2.47. The summed E-state index contributed by atoms with van der Waals surface area (Å²) in [4.78, 5) is 0. The third-order valence-electron chi connectivity index (χ3n) is 5.23. The monoisotopic (exact) mass is 348 g/mol. The molecule has 3 rings (SSSR count). The number of rotatable bonds is 3. The molecular formula is C15H24O9. The molecule has 1 saturated carbocycles. The summed E-state index contributed by atoms with van der Waals surface area (Å²) in [6.07, 6.45) is -6.15. The normalized spacial score (nSPS) is 54.4. The summed E-state index contributed by atoms with van der Waals surface area (Å²) in [5.74, 6) is -0.741. The molecule has 1 saturated heterocycles. The van der Waals surface area contributed by atoms with E-state index in [2.05, 4.69) is 0 Å². The van der Waals surface area contributed by atoms with Crippen molar-refractivity contribution in [1.82, 2.24) is 0 Å². The van der Waals surface area contributed by atoms with Gasteiger partial charge in [0.1, 0.15) is 30.0 Å². The van der Waals surface area contributed by atoms with Crippen LogP contribution in [0.15, 0.2) is 12.3 Å². The molecule has 6 N–H and O–H groups in total. The van der Waals surface area contributed by atoms with E-state index in [0.717, 1.165) is 0 Å². The quantitative estimate of drug-likeness (QED) is 0.323. The van der Waals surface area contributed by atoms with Gasteiger partial charge in [0.25, 0.3) is 0 Å². The van der Waals surface area contributed by atoms with Crippen LogP contribution in [0.4, 0.5) is 0 Å². The second-order valence-corrected chi connectivity index (χ2v) is 6.78. The third-order valence-corrected chi connectivity index (χ3v) is 5.23. The fourth-order valence-corrected chi connectivity index (χ4v) is 3.81. The lowest BCUT2D eigenvalue weighted by Gasteiger charge is -2.44. The van der Waals surface area contributed by atoms with Gasteiger partial charge in [-0.2, -0.15) is 0 Å². The zero-order chi connectivity index (χ0) is 17.6. The zero-order valence-electron chi connectivity index (χ0n) is 13.2. The van der Waals surface area contributed by atoms with E-state index in [1.54, 1.807) is 0 Å². The number of fused-ring (bicyclic) bond motifs is 1. The Morgan fingerprint density at radius 3 is 2.50 bits per heavy atom. The van der Waals surface area contributed by atoms with Crippen LogP contribution in [0, 0.1) is 11.8 Å². The summed E-state index contributed by atoms with van der Waals surface area (Å²) >= 11 is 0. The SMILES string of the molecule is C[C@@H]1C[C@@H](O)[C@]2(O)C=CO[C@@H](O[C@H]3O[C@@H](CO)[C@H](O)[C@@H](O)[C@@H]3O)[C@H]12. The van der Waals surface area contributed by atoms with Gasteiger partial charge in [0.2, 0.25) is 6.29 Å². The van der Waals surface area contributed by atoms with Gasteiger partial charge in [0.05, 0.1) is 24.9 Å². The number of aliphatic hydroxyl groups is 6. The molecule has 0 radical (unpaired) electrons. The Morgan fingerprint density at radius 1 is 1.12 bits per heavy atom. The Bertz CT molecular complexity index is 484. The molecule has 0 aromatic rings. The van der Waals surface area contributed by atoms with Crippen LogP contribution in [-0.2, 0) is 14.2 Å². The first-order valence-corrected chi connectivity index (χ1v) is 7.99. The summed E-state index contributed by atoms with van der Waals surface area (Å²) in [6, 6.07) is 0. The topological polar surface area (TPSA) is 149 Å². The van der Waals surface area contributed by atoms with Crippen LogP contribution in [0.3, 0.4) is 0 Å². The molecule has 10 atom stereocenters. The van der Waals surface area contributed by atoms with Crippen molar-refractivity contribution in [3.05, 3.63) is 12.3 Å². The largest absolute Gasteiger partial charge is 0.472 e. The van der Waals surface area contributed by atoms with Crippen molar-refractivity contribution in [3.63, 3.8) is 0 Å². The predicted octanol–water partition coefficient (Wildman–Crippen LogP) is -2.58. The maximum atomic E-state index is 10.7. The molecule has 2 aliphatic heterocycles. The van der Waals surface area contributed by atoms with E-state index >= 15 is 0 Å². The van der Waals surface area contributed by atoms with Crippen molar-refractivity contribution < 1.29 is 44.8 Å². The van der Waals surface area contributed by atoms with Gasteiger partial charge in [-0.1, -0.05) is 6.92 Å². The molecule has 1 aliphatic carbocycles. The summed E-state index contributed by atoms with van der Waals surface area (Å²) < 4.78 is 16.3. The molecule has 0 bridgehead atoms. The lowest BCUT2D eigenvalue weighted by molar-refractivity contribution is -0.347. The van der Waals surface area contributed by atoms with Gasteiger partial charge in [-0.15, -0.1) is 0 Å². The van der Waals surface area contributed by atoms with Crippen molar-refractivity contribution in [3.8, 4) is 0 Å². The molecule has 2 heterocycles. The summed E-state index contributed by atoms with van der Waals surface area (Å²) in [5.41, 5.74) is -1.52. The number of aliphatic hydroxyl groups excluding tert-OH is 5. The van der Waals surface area contributed by atoms with Crippen LogP contribution < -0.4 is 0 Å². The van der Waals surface area contributed by atoms with E-state index in [0.29, 0.717) is 6.42 Å². The Morgan fingerprint density at radius 2 is 1.83 bits per heavy atom. The fraction of sp³-hybridized carbons (Fsp3) is 0.867. The third kappa shape index (κ3) is 2.74. The van der Waals surface area contributed by atoms with Gasteiger partial charge in [-0.25, -0.2) is 0 Å². The van der Waals surface area contributed by atoms with Crippen molar-refractivity contribution in [2.75, 3.05) is 6.61 Å². The van der Waals surface area contributed by atoms with Gasteiger partial charge < -0.3 is 44.8 Å². The van der Waals surface area contributed by atoms with Crippen molar-refractivity contribution in [1.29, 1.82) is 0 Å². The first-order valence-electron chi connectivity index (χ1n) is 7.99. The van der Waals surface area contributed by atoms with Gasteiger partial charge in [-0.05, 0) is 18.4 Å². The molecule has 9 heteroatoms. The van der Waals surface area contributed by atoms with Gasteiger partial charge in [0, 0.05) is 0 Å². The van der Waals surface area contributed by atoms with Gasteiger partial charge >= 0.3 is 0 Å². The molecule has 0 spiro atoms. The maximum Gasteiger partial charge on any atom is 0.207 e. The van der Waals surface area contributed by atoms with E-state index in [-0.39, 0.29) is 5.92 Å². The minimum Gasteiger partial charge on any atom is -0.472 e. The number of hydrogen-bond acceptors (Lipinski definition) is 9. The molecule has 24 heavy (non-hydrogen) atoms. The van der Waals surface area contributed by atoms with Crippen LogP contribution in [0.5, 0.6) is 0 Å². The molecule has 9 nitrogen and oxygen atoms in total. The zero-order valence-corrected chi connectivity index (χ0v) is 13.2. The standard InChI is InChI=1S/C15H24O9/c1-6-4-8(17)15(21)2-3-22-13(9(6)15)24-14-12(20)11(19)10(18)7(5-16)23-14/h2-3,6-14,16-21H,4-5H2,1H3/t6-,7+,8-,9+,10+,11-,12+,13+,14-,15-/m1/s1. The lowest BCUT2D eigenvalue weighted by atomic mass is 9.84. The highest BCUT2D eigenvalue weighted by molar-refractivity contribution is 5.16. The summed E-state index contributed by atoms with van der Waals surface area (Å²) in [5, 5.41) is 59.6. The average Bonchev–Trinajstić information content (AvgIpc) is 2.78. The number of ether oxygens (including phenoxy) is 3. The minimum absolute atomic E-state index is 0.134. The summed E-state index contributed by atoms with van der Waals surface area (Å²) in [7, 11) is 0. The van der Waals surface area contributed by atoms with E-state index in [1.807, 2.05) is 6.92 Å². The van der Waals surface area contributed by atoms with Crippen LogP contribution in [0.2, 0.25) is 0 Å². The van der Waals surface area contributed by atoms with Gasteiger partial charge in [0.15, 0.2) is 6.29 Å². The highest BCUT2D eigenvalue weighted by Gasteiger charge is 2.58. The highest BCUT2D eigenvalue weighted by atomic mass is 16.8. The van der Waals surface area contributed by atoms with E-state index in [1.165, 1.54) is 12.3 Å². The van der Waals surface area contributed by atoms with Gasteiger partial charge in [-0.3, -0.25) is 0 Å². The fourth-order valence-electron chi connectivity index (χ4n) is 3.81. The predicted molar refractivity (Wildman–Crippen MR) is 77.1 cm³/mol. The second kappa shape index (κ2) is 6.50. The number of hydrogen-bond donors (Lipinski definition) is 6. The van der Waals surface area contributed by atoms with E-state index < -0.39 is 61.2 Å². The summed E-state index contributed by atoms with van der Waals surface area (Å²) in [6.45, 7) is 1.26. The van der Waals surface area contributed by atoms with Crippen LogP contribution in [-0.4, -0.2) is 85.9 Å². The maximum absolute atomic E-state index is 10.7. The van der Waals surface area contributed by atoms with E-state index in [9.17, 15) is 30.6 Å². The smallest absolute Gasteiger partial charge is 0.207 e. The molecule has 0 unspecified atom stereocenters. The van der Waals surface area contributed by atoms with Crippen LogP contribution in [0.1, 0.15) is 13.3 Å². The minimum atomic E-state index is -1.56. The Kier molecular flexibility index (Phi) is 4.89. The van der Waals surface area contributed by atoms with E-state index in [4.69, 9.17) is 14.2 Å². The Hall–Kier alpha value is -0.780. The molecule has 3 aliphatic rings.